The van der Waals surface area contributed by atoms with Crippen LogP contribution in [0.4, 0.5) is 29.2 Å². The van der Waals surface area contributed by atoms with Gasteiger partial charge in [-0.05, 0) is 31.0 Å². The third-order valence-electron chi connectivity index (χ3n) is 5.87. The minimum Gasteiger partial charge on any atom is -0.495 e. The highest BCUT2D eigenvalue weighted by molar-refractivity contribution is 6.32. The second kappa shape index (κ2) is 10.7. The molecule has 1 fully saturated rings. The minimum absolute atomic E-state index is 0.368. The van der Waals surface area contributed by atoms with Gasteiger partial charge in [0.15, 0.2) is 12.4 Å². The Bertz CT molecular complexity index is 1070. The zero-order valence-electron chi connectivity index (χ0n) is 19.4. The molecule has 0 atom stereocenters. The number of hydrogen-bond acceptors (Lipinski definition) is 7. The Morgan fingerprint density at radius 2 is 1.70 bits per heavy atom. The van der Waals surface area contributed by atoms with Gasteiger partial charge < -0.3 is 20.3 Å². The molecule has 8 nitrogen and oxygen atoms in total. The number of aryl methyl sites for hydroxylation is 1. The van der Waals surface area contributed by atoms with Crippen molar-refractivity contribution in [1.29, 1.82) is 0 Å². The Morgan fingerprint density at radius 3 is 2.36 bits per heavy atom. The predicted molar refractivity (Wildman–Crippen MR) is 132 cm³/mol. The number of nitrogens with one attached hydrogen (secondary N) is 2. The number of halogens is 1. The Balaban J connectivity index is 1.64. The standard InChI is InChI=1S/C24H31ClN7O/c1-31-14-12-19(13-15-31)32(2)24-29-22(26-17-8-6-4-5-7-9-17)28-23(30-24)27-18-10-11-21(33-3)20(25)16-18/h10-17H,4-9H2,1-3H3,(H2,26,27,28,29,30)/q+1. The lowest BCUT2D eigenvalue weighted by atomic mass is 10.1. The summed E-state index contributed by atoms with van der Waals surface area (Å²) in [5.74, 6) is 2.19. The summed E-state index contributed by atoms with van der Waals surface area (Å²) in [5, 5.41) is 7.34. The quantitative estimate of drug-likeness (QED) is 0.373. The number of pyridine rings is 1. The molecule has 2 N–H and O–H groups in total. The molecule has 0 amide bonds. The number of methoxy groups -OCH3 is 1. The number of ether oxygens (including phenoxy) is 1. The Kier molecular flexibility index (Phi) is 7.44. The molecule has 0 aliphatic heterocycles. The van der Waals surface area contributed by atoms with Gasteiger partial charge in [0, 0.05) is 30.9 Å². The largest absolute Gasteiger partial charge is 0.495 e. The summed E-state index contributed by atoms with van der Waals surface area (Å²) in [6, 6.07) is 9.91. The molecule has 0 radical (unpaired) electrons. The summed E-state index contributed by atoms with van der Waals surface area (Å²) >= 11 is 6.31. The van der Waals surface area contributed by atoms with Crippen molar-refractivity contribution in [2.24, 2.45) is 7.05 Å². The topological polar surface area (TPSA) is 79.1 Å². The molecule has 1 aliphatic carbocycles. The van der Waals surface area contributed by atoms with Crippen LogP contribution in [0.5, 0.6) is 5.75 Å². The molecular weight excluding hydrogens is 438 g/mol. The highest BCUT2D eigenvalue weighted by Crippen LogP contribution is 2.29. The second-order valence-corrected chi connectivity index (χ2v) is 8.78. The Hall–Kier alpha value is -3.13. The summed E-state index contributed by atoms with van der Waals surface area (Å²) < 4.78 is 7.24. The maximum Gasteiger partial charge on any atom is 0.236 e. The van der Waals surface area contributed by atoms with E-state index in [4.69, 9.17) is 21.3 Å². The number of anilines is 5. The number of hydrogen-bond donors (Lipinski definition) is 2. The third kappa shape index (κ3) is 6.01. The number of rotatable bonds is 7. The van der Waals surface area contributed by atoms with E-state index in [0.29, 0.717) is 34.7 Å². The molecule has 1 saturated carbocycles. The van der Waals surface area contributed by atoms with Crippen LogP contribution in [0.1, 0.15) is 38.5 Å². The van der Waals surface area contributed by atoms with E-state index in [1.807, 2.05) is 60.2 Å². The summed E-state index contributed by atoms with van der Waals surface area (Å²) in [7, 11) is 5.54. The van der Waals surface area contributed by atoms with Crippen molar-refractivity contribution in [3.63, 3.8) is 0 Å². The highest BCUT2D eigenvalue weighted by atomic mass is 35.5. The van der Waals surface area contributed by atoms with Crippen LogP contribution in [0.3, 0.4) is 0 Å². The highest BCUT2D eigenvalue weighted by Gasteiger charge is 2.17. The maximum absolute atomic E-state index is 6.31. The lowest BCUT2D eigenvalue weighted by Gasteiger charge is -2.20. The Morgan fingerprint density at radius 1 is 1.00 bits per heavy atom. The molecule has 0 spiro atoms. The monoisotopic (exact) mass is 468 g/mol. The number of nitrogens with zero attached hydrogens (tertiary/aromatic N) is 5. The molecule has 1 aromatic carbocycles. The SMILES string of the molecule is COc1ccc(Nc2nc(NC3CCCCCC3)nc(N(C)c3cc[n+](C)cc3)n2)cc1Cl. The van der Waals surface area contributed by atoms with Crippen LogP contribution in [-0.4, -0.2) is 35.2 Å². The van der Waals surface area contributed by atoms with Crippen molar-refractivity contribution in [2.45, 2.75) is 44.6 Å². The normalized spacial score (nSPS) is 14.4. The summed E-state index contributed by atoms with van der Waals surface area (Å²) in [5.41, 5.74) is 1.76. The van der Waals surface area contributed by atoms with Crippen LogP contribution in [0, 0.1) is 0 Å². The first-order valence-corrected chi connectivity index (χ1v) is 11.7. The zero-order chi connectivity index (χ0) is 23.2. The lowest BCUT2D eigenvalue weighted by molar-refractivity contribution is -0.671. The van der Waals surface area contributed by atoms with E-state index in [9.17, 15) is 0 Å². The van der Waals surface area contributed by atoms with Crippen LogP contribution in [0.2, 0.25) is 5.02 Å². The fourth-order valence-electron chi connectivity index (χ4n) is 3.95. The fraction of sp³-hybridized carbons (Fsp3) is 0.417. The van der Waals surface area contributed by atoms with Crippen molar-refractivity contribution < 1.29 is 9.30 Å². The lowest BCUT2D eigenvalue weighted by Crippen LogP contribution is -2.27. The van der Waals surface area contributed by atoms with E-state index in [2.05, 4.69) is 20.6 Å². The van der Waals surface area contributed by atoms with Crippen LogP contribution in [0.25, 0.3) is 0 Å². The van der Waals surface area contributed by atoms with Crippen molar-refractivity contribution in [1.82, 2.24) is 15.0 Å². The van der Waals surface area contributed by atoms with Gasteiger partial charge in [0.25, 0.3) is 0 Å². The average Bonchev–Trinajstić information content (AvgIpc) is 3.08. The van der Waals surface area contributed by atoms with Crippen LogP contribution < -0.4 is 24.8 Å². The summed E-state index contributed by atoms with van der Waals surface area (Å²) in [4.78, 5) is 16.0. The minimum atomic E-state index is 0.368. The fourth-order valence-corrected chi connectivity index (χ4v) is 4.20. The van der Waals surface area contributed by atoms with E-state index < -0.39 is 0 Å². The molecule has 33 heavy (non-hydrogen) atoms. The Labute approximate surface area is 200 Å². The molecular formula is C24H31ClN7O+. The van der Waals surface area contributed by atoms with Gasteiger partial charge in [-0.25, -0.2) is 4.57 Å². The molecule has 2 aromatic heterocycles. The smallest absolute Gasteiger partial charge is 0.236 e. The van der Waals surface area contributed by atoms with Gasteiger partial charge >= 0.3 is 0 Å². The van der Waals surface area contributed by atoms with E-state index in [0.717, 1.165) is 24.2 Å². The molecule has 3 aromatic rings. The van der Waals surface area contributed by atoms with E-state index in [-0.39, 0.29) is 0 Å². The maximum atomic E-state index is 6.31. The molecule has 0 saturated heterocycles. The molecule has 174 valence electrons. The van der Waals surface area contributed by atoms with Gasteiger partial charge in [-0.2, -0.15) is 15.0 Å². The van der Waals surface area contributed by atoms with Gasteiger partial charge in [0.1, 0.15) is 12.8 Å². The second-order valence-electron chi connectivity index (χ2n) is 8.37. The first kappa shape index (κ1) is 23.0. The first-order chi connectivity index (χ1) is 16.0. The van der Waals surface area contributed by atoms with Crippen molar-refractivity contribution in [2.75, 3.05) is 29.7 Å². The summed E-state index contributed by atoms with van der Waals surface area (Å²) in [6.45, 7) is 0. The van der Waals surface area contributed by atoms with Gasteiger partial charge in [0.05, 0.1) is 17.8 Å². The van der Waals surface area contributed by atoms with Crippen molar-refractivity contribution in [3.8, 4) is 5.75 Å². The molecule has 0 unspecified atom stereocenters. The molecule has 9 heteroatoms. The van der Waals surface area contributed by atoms with Crippen molar-refractivity contribution in [3.05, 3.63) is 47.7 Å². The number of aromatic nitrogens is 4. The van der Waals surface area contributed by atoms with Crippen LogP contribution >= 0.6 is 11.6 Å². The number of benzene rings is 1. The molecule has 0 bridgehead atoms. The van der Waals surface area contributed by atoms with Crippen LogP contribution in [-0.2, 0) is 7.05 Å². The van der Waals surface area contributed by atoms with Gasteiger partial charge in [-0.1, -0.05) is 37.3 Å². The molecule has 4 rings (SSSR count). The van der Waals surface area contributed by atoms with Gasteiger partial charge in [-0.15, -0.1) is 0 Å². The van der Waals surface area contributed by atoms with Gasteiger partial charge in [0.2, 0.25) is 17.8 Å². The molecule has 1 aliphatic rings. The van der Waals surface area contributed by atoms with Gasteiger partial charge in [-0.3, -0.25) is 0 Å². The first-order valence-electron chi connectivity index (χ1n) is 11.3. The van der Waals surface area contributed by atoms with Crippen molar-refractivity contribution >= 4 is 40.8 Å². The van der Waals surface area contributed by atoms with E-state index in [1.54, 1.807) is 13.2 Å². The predicted octanol–water partition coefficient (Wildman–Crippen LogP) is 5.00. The van der Waals surface area contributed by atoms with E-state index >= 15 is 0 Å². The average molecular weight is 469 g/mol. The third-order valence-corrected chi connectivity index (χ3v) is 6.16. The molecule has 2 heterocycles. The van der Waals surface area contributed by atoms with Crippen LogP contribution in [0.15, 0.2) is 42.7 Å². The summed E-state index contributed by atoms with van der Waals surface area (Å²) in [6.07, 6.45) is 11.3. The van der Waals surface area contributed by atoms with E-state index in [1.165, 1.54) is 25.7 Å². The zero-order valence-corrected chi connectivity index (χ0v) is 20.1.